The van der Waals surface area contributed by atoms with E-state index in [-0.39, 0.29) is 10.7 Å². The third-order valence-electron chi connectivity index (χ3n) is 3.51. The van der Waals surface area contributed by atoms with Crippen LogP contribution in [0.2, 0.25) is 5.15 Å². The fraction of sp³-hybridized carbons (Fsp3) is 0.462. The third-order valence-corrected chi connectivity index (χ3v) is 4.19. The SMILES string of the molecule is O=c1c(Cl)nc2ncc(Br)cc2n1CC1CCOCC1. The van der Waals surface area contributed by atoms with E-state index in [9.17, 15) is 4.79 Å². The molecule has 0 radical (unpaired) electrons. The molecule has 0 saturated carbocycles. The molecule has 0 N–H and O–H groups in total. The first-order chi connectivity index (χ1) is 9.65. The monoisotopic (exact) mass is 357 g/mol. The second kappa shape index (κ2) is 5.79. The minimum absolute atomic E-state index is 0.0284. The summed E-state index contributed by atoms with van der Waals surface area (Å²) in [5.41, 5.74) is 0.940. The van der Waals surface area contributed by atoms with Gasteiger partial charge in [0.25, 0.3) is 5.56 Å². The Balaban J connectivity index is 2.09. The van der Waals surface area contributed by atoms with Gasteiger partial charge in [-0.1, -0.05) is 11.6 Å². The van der Waals surface area contributed by atoms with Crippen LogP contribution in [0.25, 0.3) is 11.2 Å². The van der Waals surface area contributed by atoms with Crippen molar-refractivity contribution >= 4 is 38.7 Å². The molecule has 3 rings (SSSR count). The van der Waals surface area contributed by atoms with Gasteiger partial charge < -0.3 is 9.30 Å². The summed E-state index contributed by atoms with van der Waals surface area (Å²) in [6.07, 6.45) is 3.56. The zero-order valence-electron chi connectivity index (χ0n) is 10.7. The normalized spacial score (nSPS) is 16.7. The Hall–Kier alpha value is -0.980. The molecule has 1 aliphatic heterocycles. The van der Waals surface area contributed by atoms with Gasteiger partial charge in [-0.2, -0.15) is 0 Å². The highest BCUT2D eigenvalue weighted by Gasteiger charge is 2.18. The minimum atomic E-state index is -0.259. The zero-order valence-corrected chi connectivity index (χ0v) is 13.0. The molecule has 1 aliphatic rings. The summed E-state index contributed by atoms with van der Waals surface area (Å²) in [6.45, 7) is 2.12. The molecule has 3 heterocycles. The lowest BCUT2D eigenvalue weighted by molar-refractivity contribution is 0.0613. The van der Waals surface area contributed by atoms with E-state index < -0.39 is 0 Å². The van der Waals surface area contributed by atoms with Crippen LogP contribution in [0, 0.1) is 5.92 Å². The van der Waals surface area contributed by atoms with Crippen molar-refractivity contribution in [3.05, 3.63) is 32.2 Å². The fourth-order valence-corrected chi connectivity index (χ4v) is 2.94. The van der Waals surface area contributed by atoms with Crippen LogP contribution >= 0.6 is 27.5 Å². The van der Waals surface area contributed by atoms with E-state index in [1.165, 1.54) is 0 Å². The van der Waals surface area contributed by atoms with Crippen LogP contribution in [0.3, 0.4) is 0 Å². The molecule has 2 aromatic heterocycles. The summed E-state index contributed by atoms with van der Waals surface area (Å²) >= 11 is 9.31. The second-order valence-corrected chi connectivity index (χ2v) is 6.14. The van der Waals surface area contributed by atoms with E-state index in [1.807, 2.05) is 6.07 Å². The molecule has 7 heteroatoms. The summed E-state index contributed by atoms with van der Waals surface area (Å²) in [5.74, 6) is 0.419. The number of hydrogen-bond donors (Lipinski definition) is 0. The molecule has 1 fully saturated rings. The average Bonchev–Trinajstić information content (AvgIpc) is 2.46. The first kappa shape index (κ1) is 14.0. The lowest BCUT2D eigenvalue weighted by Crippen LogP contribution is -2.28. The van der Waals surface area contributed by atoms with Crippen LogP contribution in [0.5, 0.6) is 0 Å². The highest BCUT2D eigenvalue weighted by molar-refractivity contribution is 9.10. The van der Waals surface area contributed by atoms with Gasteiger partial charge in [0.15, 0.2) is 10.8 Å². The van der Waals surface area contributed by atoms with Gasteiger partial charge in [-0.3, -0.25) is 4.79 Å². The molecule has 2 aromatic rings. The lowest BCUT2D eigenvalue weighted by atomic mass is 10.0. The van der Waals surface area contributed by atoms with Crippen LogP contribution in [0.4, 0.5) is 0 Å². The van der Waals surface area contributed by atoms with Crippen LogP contribution in [0.15, 0.2) is 21.5 Å². The van der Waals surface area contributed by atoms with Crippen molar-refractivity contribution in [3.63, 3.8) is 0 Å². The van der Waals surface area contributed by atoms with Gasteiger partial charge in [-0.15, -0.1) is 0 Å². The highest BCUT2D eigenvalue weighted by atomic mass is 79.9. The van der Waals surface area contributed by atoms with Gasteiger partial charge in [0.05, 0.1) is 5.52 Å². The quantitative estimate of drug-likeness (QED) is 0.828. The molecule has 106 valence electrons. The molecule has 20 heavy (non-hydrogen) atoms. The van der Waals surface area contributed by atoms with Crippen molar-refractivity contribution in [1.29, 1.82) is 0 Å². The molecular weight excluding hydrogens is 346 g/mol. The molecule has 5 nitrogen and oxygen atoms in total. The second-order valence-electron chi connectivity index (χ2n) is 4.87. The van der Waals surface area contributed by atoms with E-state index >= 15 is 0 Å². The van der Waals surface area contributed by atoms with E-state index in [0.29, 0.717) is 23.6 Å². The molecular formula is C13H13BrClN3O2. The Morgan fingerprint density at radius 2 is 2.20 bits per heavy atom. The van der Waals surface area contributed by atoms with Gasteiger partial charge in [0.1, 0.15) is 0 Å². The number of aromatic nitrogens is 3. The summed E-state index contributed by atoms with van der Waals surface area (Å²) in [7, 11) is 0. The number of nitrogens with zero attached hydrogens (tertiary/aromatic N) is 3. The first-order valence-corrected chi connectivity index (χ1v) is 7.61. The molecule has 0 atom stereocenters. The summed E-state index contributed by atoms with van der Waals surface area (Å²) in [4.78, 5) is 20.5. The first-order valence-electron chi connectivity index (χ1n) is 6.44. The minimum Gasteiger partial charge on any atom is -0.381 e. The number of hydrogen-bond acceptors (Lipinski definition) is 4. The van der Waals surface area contributed by atoms with Gasteiger partial charge in [0.2, 0.25) is 0 Å². The maximum absolute atomic E-state index is 12.3. The Kier molecular flexibility index (Phi) is 4.05. The third kappa shape index (κ3) is 2.73. The number of ether oxygens (including phenoxy) is 1. The summed E-state index contributed by atoms with van der Waals surface area (Å²) in [6, 6.07) is 1.85. The number of rotatable bonds is 2. The Morgan fingerprint density at radius 1 is 1.45 bits per heavy atom. The van der Waals surface area contributed by atoms with Crippen molar-refractivity contribution < 1.29 is 4.74 Å². The topological polar surface area (TPSA) is 57.0 Å². The predicted octanol–water partition coefficient (Wildman–Crippen LogP) is 2.63. The van der Waals surface area contributed by atoms with Crippen molar-refractivity contribution in [2.45, 2.75) is 19.4 Å². The molecule has 0 amide bonds. The largest absolute Gasteiger partial charge is 0.381 e. The number of halogens is 2. The van der Waals surface area contributed by atoms with Crippen LogP contribution < -0.4 is 5.56 Å². The van der Waals surface area contributed by atoms with Crippen molar-refractivity contribution in [2.24, 2.45) is 5.92 Å². The maximum Gasteiger partial charge on any atom is 0.288 e. The van der Waals surface area contributed by atoms with Crippen LogP contribution in [-0.4, -0.2) is 27.7 Å². The maximum atomic E-state index is 12.3. The van der Waals surface area contributed by atoms with E-state index in [4.69, 9.17) is 16.3 Å². The predicted molar refractivity (Wildman–Crippen MR) is 80.1 cm³/mol. The van der Waals surface area contributed by atoms with Crippen molar-refractivity contribution in [1.82, 2.24) is 14.5 Å². The van der Waals surface area contributed by atoms with Gasteiger partial charge in [0, 0.05) is 30.4 Å². The molecule has 0 bridgehead atoms. The summed E-state index contributed by atoms with van der Waals surface area (Å²) < 4.78 is 7.85. The van der Waals surface area contributed by atoms with Crippen molar-refractivity contribution in [3.8, 4) is 0 Å². The van der Waals surface area contributed by atoms with Crippen LogP contribution in [0.1, 0.15) is 12.8 Å². The van der Waals surface area contributed by atoms with Crippen LogP contribution in [-0.2, 0) is 11.3 Å². The standard InChI is InChI=1S/C13H13BrClN3O2/c14-9-5-10-12(16-6-9)17-11(15)13(19)18(10)7-8-1-3-20-4-2-8/h5-6,8H,1-4,7H2. The van der Waals surface area contributed by atoms with E-state index in [0.717, 1.165) is 30.5 Å². The number of pyridine rings is 1. The van der Waals surface area contributed by atoms with E-state index in [2.05, 4.69) is 25.9 Å². The average molecular weight is 359 g/mol. The molecule has 0 spiro atoms. The fourth-order valence-electron chi connectivity index (χ4n) is 2.44. The smallest absolute Gasteiger partial charge is 0.288 e. The zero-order chi connectivity index (χ0) is 14.1. The molecule has 0 unspecified atom stereocenters. The molecule has 0 aliphatic carbocycles. The van der Waals surface area contributed by atoms with Gasteiger partial charge in [-0.05, 0) is 40.8 Å². The lowest BCUT2D eigenvalue weighted by Gasteiger charge is -2.23. The van der Waals surface area contributed by atoms with Crippen molar-refractivity contribution in [2.75, 3.05) is 13.2 Å². The Bertz CT molecular complexity index is 698. The number of fused-ring (bicyclic) bond motifs is 1. The highest BCUT2D eigenvalue weighted by Crippen LogP contribution is 2.20. The summed E-state index contributed by atoms with van der Waals surface area (Å²) in [5, 5.41) is -0.0284. The molecule has 1 saturated heterocycles. The van der Waals surface area contributed by atoms with E-state index in [1.54, 1.807) is 10.8 Å². The Morgan fingerprint density at radius 3 is 2.95 bits per heavy atom. The Labute approximate surface area is 129 Å². The van der Waals surface area contributed by atoms with Gasteiger partial charge >= 0.3 is 0 Å². The molecule has 0 aromatic carbocycles. The van der Waals surface area contributed by atoms with Gasteiger partial charge in [-0.25, -0.2) is 9.97 Å².